The van der Waals surface area contributed by atoms with Crippen molar-refractivity contribution < 1.29 is 5.11 Å². The fourth-order valence-corrected chi connectivity index (χ4v) is 2.08. The molecular weight excluding hydrogens is 174 g/mol. The molecule has 76 valence electrons. The van der Waals surface area contributed by atoms with Gasteiger partial charge in [-0.2, -0.15) is 0 Å². The molecule has 1 aliphatic carbocycles. The molecule has 3 N–H and O–H groups in total. The summed E-state index contributed by atoms with van der Waals surface area (Å²) in [7, 11) is 0. The third-order valence-electron chi connectivity index (χ3n) is 3.39. The largest absolute Gasteiger partial charge is 0.396 e. The summed E-state index contributed by atoms with van der Waals surface area (Å²) >= 11 is 0. The molecule has 0 aliphatic heterocycles. The molecule has 1 aliphatic rings. The molecular formula is C12H17NO. The Labute approximate surface area is 84.7 Å². The van der Waals surface area contributed by atoms with Crippen molar-refractivity contribution >= 4 is 0 Å². The molecule has 0 bridgehead atoms. The second-order valence-corrected chi connectivity index (χ2v) is 4.39. The van der Waals surface area contributed by atoms with Gasteiger partial charge in [-0.3, -0.25) is 0 Å². The molecule has 2 heteroatoms. The number of aryl methyl sites for hydroxylation is 1. The summed E-state index contributed by atoms with van der Waals surface area (Å²) < 4.78 is 0. The molecule has 1 saturated carbocycles. The van der Waals surface area contributed by atoms with E-state index in [0.29, 0.717) is 12.5 Å². The van der Waals surface area contributed by atoms with Crippen molar-refractivity contribution in [3.8, 4) is 0 Å². The first kappa shape index (κ1) is 9.69. The summed E-state index contributed by atoms with van der Waals surface area (Å²) in [6.45, 7) is 2.88. The Morgan fingerprint density at radius 3 is 2.50 bits per heavy atom. The van der Waals surface area contributed by atoms with Crippen molar-refractivity contribution in [3.05, 3.63) is 35.4 Å². The van der Waals surface area contributed by atoms with Gasteiger partial charge in [-0.1, -0.05) is 29.8 Å². The summed E-state index contributed by atoms with van der Waals surface area (Å²) in [4.78, 5) is 0. The Hall–Kier alpha value is -0.860. The van der Waals surface area contributed by atoms with Crippen LogP contribution in [0.1, 0.15) is 23.5 Å². The molecule has 2 rings (SSSR count). The Balaban J connectivity index is 2.16. The minimum atomic E-state index is -0.0186. The van der Waals surface area contributed by atoms with Crippen LogP contribution in [0.5, 0.6) is 0 Å². The number of rotatable bonds is 3. The lowest BCUT2D eigenvalue weighted by Gasteiger charge is -2.10. The molecule has 0 aromatic heterocycles. The van der Waals surface area contributed by atoms with Crippen molar-refractivity contribution in [1.29, 1.82) is 0 Å². The van der Waals surface area contributed by atoms with Crippen LogP contribution < -0.4 is 5.73 Å². The number of aliphatic hydroxyl groups excluding tert-OH is 1. The third-order valence-corrected chi connectivity index (χ3v) is 3.39. The van der Waals surface area contributed by atoms with Crippen LogP contribution in [-0.4, -0.2) is 18.3 Å². The molecule has 0 spiro atoms. The summed E-state index contributed by atoms with van der Waals surface area (Å²) in [5.74, 6) is 0.470. The predicted molar refractivity (Wildman–Crippen MR) is 57.1 cm³/mol. The van der Waals surface area contributed by atoms with Gasteiger partial charge < -0.3 is 10.8 Å². The number of nitrogens with two attached hydrogens (primary N) is 1. The number of aliphatic hydroxyl groups is 1. The van der Waals surface area contributed by atoms with E-state index in [0.717, 1.165) is 6.42 Å². The summed E-state index contributed by atoms with van der Waals surface area (Å²) in [6, 6.07) is 8.53. The molecule has 0 saturated heterocycles. The van der Waals surface area contributed by atoms with Crippen molar-refractivity contribution in [1.82, 2.24) is 0 Å². The van der Waals surface area contributed by atoms with Crippen molar-refractivity contribution in [3.63, 3.8) is 0 Å². The maximum atomic E-state index is 9.26. The van der Waals surface area contributed by atoms with Crippen LogP contribution in [0.4, 0.5) is 0 Å². The fraction of sp³-hybridized carbons (Fsp3) is 0.500. The second-order valence-electron chi connectivity index (χ2n) is 4.39. The lowest BCUT2D eigenvalue weighted by atomic mass is 9.99. The van der Waals surface area contributed by atoms with E-state index in [-0.39, 0.29) is 12.0 Å². The summed E-state index contributed by atoms with van der Waals surface area (Å²) in [5, 5.41) is 9.26. The number of benzene rings is 1. The van der Waals surface area contributed by atoms with Gasteiger partial charge in [0.2, 0.25) is 0 Å². The molecule has 0 heterocycles. The van der Waals surface area contributed by atoms with Gasteiger partial charge in [-0.25, -0.2) is 0 Å². The minimum absolute atomic E-state index is 0.0186. The van der Waals surface area contributed by atoms with Gasteiger partial charge in [0.15, 0.2) is 0 Å². The van der Waals surface area contributed by atoms with Gasteiger partial charge in [0.05, 0.1) is 6.61 Å². The predicted octanol–water partition coefficient (Wildman–Crippen LogP) is 1.42. The highest BCUT2D eigenvalue weighted by Gasteiger charge is 2.53. The molecule has 14 heavy (non-hydrogen) atoms. The third kappa shape index (κ3) is 1.45. The van der Waals surface area contributed by atoms with Crippen LogP contribution in [0, 0.1) is 12.3 Å². The van der Waals surface area contributed by atoms with Gasteiger partial charge in [-0.15, -0.1) is 0 Å². The Morgan fingerprint density at radius 1 is 1.43 bits per heavy atom. The van der Waals surface area contributed by atoms with E-state index in [4.69, 9.17) is 5.73 Å². The van der Waals surface area contributed by atoms with Crippen molar-refractivity contribution in [2.24, 2.45) is 11.1 Å². The maximum absolute atomic E-state index is 9.26. The first-order valence-corrected chi connectivity index (χ1v) is 5.09. The first-order valence-electron chi connectivity index (χ1n) is 5.09. The quantitative estimate of drug-likeness (QED) is 0.759. The molecule has 2 nitrogen and oxygen atoms in total. The van der Waals surface area contributed by atoms with Gasteiger partial charge in [0.1, 0.15) is 0 Å². The van der Waals surface area contributed by atoms with E-state index in [2.05, 4.69) is 31.2 Å². The molecule has 0 unspecified atom stereocenters. The van der Waals surface area contributed by atoms with Crippen LogP contribution >= 0.6 is 0 Å². The van der Waals surface area contributed by atoms with Crippen LogP contribution in [0.25, 0.3) is 0 Å². The van der Waals surface area contributed by atoms with Gasteiger partial charge in [0.25, 0.3) is 0 Å². The van der Waals surface area contributed by atoms with E-state index in [1.54, 1.807) is 0 Å². The van der Waals surface area contributed by atoms with E-state index in [9.17, 15) is 5.11 Å². The summed E-state index contributed by atoms with van der Waals surface area (Å²) in [5.41, 5.74) is 8.25. The number of hydrogen-bond acceptors (Lipinski definition) is 2. The summed E-state index contributed by atoms with van der Waals surface area (Å²) in [6.07, 6.45) is 1.03. The lowest BCUT2D eigenvalue weighted by molar-refractivity contribution is 0.211. The van der Waals surface area contributed by atoms with Crippen LogP contribution in [0.2, 0.25) is 0 Å². The van der Waals surface area contributed by atoms with Crippen LogP contribution in [-0.2, 0) is 0 Å². The van der Waals surface area contributed by atoms with Gasteiger partial charge >= 0.3 is 0 Å². The maximum Gasteiger partial charge on any atom is 0.0505 e. The second kappa shape index (κ2) is 3.37. The standard InChI is InChI=1S/C12H17NO/c1-9-2-4-10(5-3-9)11-6-12(11,7-13)8-14/h2-5,11,14H,6-8,13H2,1H3/t11-,12-/m1/s1. The first-order chi connectivity index (χ1) is 6.72. The molecule has 2 atom stereocenters. The fourth-order valence-electron chi connectivity index (χ4n) is 2.08. The van der Waals surface area contributed by atoms with Gasteiger partial charge in [0, 0.05) is 12.0 Å². The Bertz CT molecular complexity index is 314. The zero-order chi connectivity index (χ0) is 10.2. The highest BCUT2D eigenvalue weighted by molar-refractivity contribution is 5.32. The topological polar surface area (TPSA) is 46.2 Å². The Morgan fingerprint density at radius 2 is 2.07 bits per heavy atom. The van der Waals surface area contributed by atoms with E-state index >= 15 is 0 Å². The van der Waals surface area contributed by atoms with Gasteiger partial charge in [-0.05, 0) is 24.8 Å². The zero-order valence-electron chi connectivity index (χ0n) is 8.53. The Kier molecular flexibility index (Phi) is 2.33. The highest BCUT2D eigenvalue weighted by atomic mass is 16.3. The highest BCUT2D eigenvalue weighted by Crippen LogP contribution is 2.58. The van der Waals surface area contributed by atoms with Crippen LogP contribution in [0.15, 0.2) is 24.3 Å². The molecule has 1 aromatic rings. The molecule has 0 amide bonds. The zero-order valence-corrected chi connectivity index (χ0v) is 8.53. The van der Waals surface area contributed by atoms with E-state index in [1.165, 1.54) is 11.1 Å². The number of hydrogen-bond donors (Lipinski definition) is 2. The van der Waals surface area contributed by atoms with Crippen molar-refractivity contribution in [2.45, 2.75) is 19.3 Å². The average Bonchev–Trinajstić information content (AvgIpc) is 2.94. The normalized spacial score (nSPS) is 30.4. The monoisotopic (exact) mass is 191 g/mol. The van der Waals surface area contributed by atoms with E-state index in [1.807, 2.05) is 0 Å². The van der Waals surface area contributed by atoms with E-state index < -0.39 is 0 Å². The minimum Gasteiger partial charge on any atom is -0.396 e. The average molecular weight is 191 g/mol. The molecule has 1 fully saturated rings. The SMILES string of the molecule is Cc1ccc([C@H]2C[C@@]2(CN)CO)cc1. The molecule has 1 aromatic carbocycles. The molecule has 0 radical (unpaired) electrons. The van der Waals surface area contributed by atoms with Crippen LogP contribution in [0.3, 0.4) is 0 Å². The van der Waals surface area contributed by atoms with Crippen molar-refractivity contribution in [2.75, 3.05) is 13.2 Å². The lowest BCUT2D eigenvalue weighted by Crippen LogP contribution is -2.21. The smallest absolute Gasteiger partial charge is 0.0505 e.